The number of rotatable bonds is 4. The van der Waals surface area contributed by atoms with Crippen LogP contribution in [0.3, 0.4) is 0 Å². The zero-order valence-corrected chi connectivity index (χ0v) is 14.0. The maximum Gasteiger partial charge on any atom is 0.123 e. The Bertz CT molecular complexity index is 466. The van der Waals surface area contributed by atoms with E-state index in [1.54, 1.807) is 12.1 Å². The summed E-state index contributed by atoms with van der Waals surface area (Å²) >= 11 is 0. The molecule has 1 saturated heterocycles. The highest BCUT2D eigenvalue weighted by Gasteiger charge is 2.37. The molecule has 1 aromatic rings. The Hall–Kier alpha value is -0.930. The highest BCUT2D eigenvalue weighted by atomic mass is 19.1. The second kappa shape index (κ2) is 6.05. The lowest BCUT2D eigenvalue weighted by Crippen LogP contribution is -2.62. The molecule has 21 heavy (non-hydrogen) atoms. The molecule has 1 fully saturated rings. The predicted molar refractivity (Wildman–Crippen MR) is 87.0 cm³/mol. The van der Waals surface area contributed by atoms with Gasteiger partial charge in [-0.25, -0.2) is 4.39 Å². The molecule has 1 heterocycles. The molecule has 0 amide bonds. The van der Waals surface area contributed by atoms with E-state index in [9.17, 15) is 4.39 Å². The van der Waals surface area contributed by atoms with E-state index in [1.165, 1.54) is 6.07 Å². The normalized spacial score (nSPS) is 23.0. The molecule has 1 unspecified atom stereocenters. The van der Waals surface area contributed by atoms with E-state index in [1.807, 2.05) is 6.07 Å². The third-order valence-corrected chi connectivity index (χ3v) is 4.14. The summed E-state index contributed by atoms with van der Waals surface area (Å²) in [5.74, 6) is -0.149. The van der Waals surface area contributed by atoms with Crippen LogP contribution in [0.5, 0.6) is 0 Å². The van der Waals surface area contributed by atoms with Crippen LogP contribution in [0, 0.1) is 5.82 Å². The topological polar surface area (TPSA) is 24.1 Å². The molecule has 0 aliphatic carbocycles. The van der Waals surface area contributed by atoms with Gasteiger partial charge in [0, 0.05) is 23.2 Å². The lowest BCUT2D eigenvalue weighted by Gasteiger charge is -2.47. The van der Waals surface area contributed by atoms with Gasteiger partial charge in [0.2, 0.25) is 0 Å². The fourth-order valence-corrected chi connectivity index (χ4v) is 3.92. The first-order valence-corrected chi connectivity index (χ1v) is 7.95. The largest absolute Gasteiger partial charge is 0.311 e. The average Bonchev–Trinajstić information content (AvgIpc) is 2.23. The molecule has 1 aromatic carbocycles. The van der Waals surface area contributed by atoms with Crippen LogP contribution in [-0.2, 0) is 6.42 Å². The number of hydrogen-bond donors (Lipinski definition) is 2. The quantitative estimate of drug-likeness (QED) is 0.885. The molecule has 0 spiro atoms. The van der Waals surface area contributed by atoms with Crippen molar-refractivity contribution < 1.29 is 4.39 Å². The van der Waals surface area contributed by atoms with E-state index in [4.69, 9.17) is 0 Å². The minimum Gasteiger partial charge on any atom is -0.311 e. The number of halogens is 1. The Balaban J connectivity index is 1.94. The Labute approximate surface area is 128 Å². The van der Waals surface area contributed by atoms with E-state index in [0.29, 0.717) is 12.1 Å². The van der Waals surface area contributed by atoms with Crippen LogP contribution in [0.15, 0.2) is 24.3 Å². The van der Waals surface area contributed by atoms with Gasteiger partial charge < -0.3 is 10.6 Å². The van der Waals surface area contributed by atoms with Crippen molar-refractivity contribution in [2.75, 3.05) is 0 Å². The number of hydrogen-bond acceptors (Lipinski definition) is 2. The zero-order chi connectivity index (χ0) is 15.7. The van der Waals surface area contributed by atoms with Gasteiger partial charge in [0.15, 0.2) is 0 Å². The smallest absolute Gasteiger partial charge is 0.123 e. The summed E-state index contributed by atoms with van der Waals surface area (Å²) in [7, 11) is 0. The summed E-state index contributed by atoms with van der Waals surface area (Å²) < 4.78 is 13.3. The Kier molecular flexibility index (Phi) is 4.74. The van der Waals surface area contributed by atoms with Crippen LogP contribution in [-0.4, -0.2) is 23.2 Å². The molecule has 1 aliphatic rings. The van der Waals surface area contributed by atoms with E-state index < -0.39 is 0 Å². The molecule has 0 radical (unpaired) electrons. The summed E-state index contributed by atoms with van der Waals surface area (Å²) in [5, 5.41) is 7.44. The molecule has 0 aromatic heterocycles. The number of nitrogens with one attached hydrogen (secondary N) is 2. The Morgan fingerprint density at radius 1 is 1.24 bits per heavy atom. The van der Waals surface area contributed by atoms with Gasteiger partial charge in [0.25, 0.3) is 0 Å². The zero-order valence-electron chi connectivity index (χ0n) is 14.0. The van der Waals surface area contributed by atoms with Crippen molar-refractivity contribution in [1.29, 1.82) is 0 Å². The Morgan fingerprint density at radius 2 is 1.86 bits per heavy atom. The van der Waals surface area contributed by atoms with Gasteiger partial charge in [-0.05, 0) is 71.6 Å². The first kappa shape index (κ1) is 16.4. The molecule has 118 valence electrons. The van der Waals surface area contributed by atoms with Crippen LogP contribution in [0.2, 0.25) is 0 Å². The van der Waals surface area contributed by atoms with Gasteiger partial charge in [-0.2, -0.15) is 0 Å². The summed E-state index contributed by atoms with van der Waals surface area (Å²) in [5.41, 5.74) is 1.36. The van der Waals surface area contributed by atoms with Crippen molar-refractivity contribution in [1.82, 2.24) is 10.6 Å². The van der Waals surface area contributed by atoms with Gasteiger partial charge >= 0.3 is 0 Å². The standard InChI is InChI=1S/C18H29FN2/c1-13(9-14-7-6-8-15(19)10-14)20-16-11-17(2,3)21-18(4,5)12-16/h6-8,10,13,16,20-21H,9,11-12H2,1-5H3. The highest BCUT2D eigenvalue weighted by Crippen LogP contribution is 2.28. The van der Waals surface area contributed by atoms with E-state index in [0.717, 1.165) is 24.8 Å². The third-order valence-electron chi connectivity index (χ3n) is 4.14. The SMILES string of the molecule is CC(Cc1cccc(F)c1)NC1CC(C)(C)NC(C)(C)C1. The van der Waals surface area contributed by atoms with Gasteiger partial charge in [-0.1, -0.05) is 12.1 Å². The van der Waals surface area contributed by atoms with Crippen molar-refractivity contribution in [3.8, 4) is 0 Å². The van der Waals surface area contributed by atoms with E-state index in [-0.39, 0.29) is 16.9 Å². The van der Waals surface area contributed by atoms with Gasteiger partial charge in [-0.3, -0.25) is 0 Å². The first-order valence-electron chi connectivity index (χ1n) is 7.95. The summed E-state index contributed by atoms with van der Waals surface area (Å²) in [6.45, 7) is 11.2. The second-order valence-electron chi connectivity index (χ2n) is 7.90. The lowest BCUT2D eigenvalue weighted by atomic mass is 9.79. The van der Waals surface area contributed by atoms with Gasteiger partial charge in [0.05, 0.1) is 0 Å². The molecule has 0 bridgehead atoms. The van der Waals surface area contributed by atoms with Crippen LogP contribution < -0.4 is 10.6 Å². The molecular formula is C18H29FN2. The maximum absolute atomic E-state index is 13.3. The molecule has 3 heteroatoms. The fraction of sp³-hybridized carbons (Fsp3) is 0.667. The maximum atomic E-state index is 13.3. The van der Waals surface area contributed by atoms with E-state index >= 15 is 0 Å². The van der Waals surface area contributed by atoms with Crippen molar-refractivity contribution >= 4 is 0 Å². The van der Waals surface area contributed by atoms with Gasteiger partial charge in [-0.15, -0.1) is 0 Å². The molecule has 0 saturated carbocycles. The Morgan fingerprint density at radius 3 is 2.43 bits per heavy atom. The fourth-order valence-electron chi connectivity index (χ4n) is 3.92. The molecule has 2 nitrogen and oxygen atoms in total. The molecule has 1 atom stereocenters. The first-order chi connectivity index (χ1) is 9.65. The molecule has 1 aliphatic heterocycles. The van der Waals surface area contributed by atoms with Crippen molar-refractivity contribution in [3.63, 3.8) is 0 Å². The van der Waals surface area contributed by atoms with Crippen molar-refractivity contribution in [2.45, 2.75) is 77.0 Å². The predicted octanol–water partition coefficient (Wildman–Crippen LogP) is 3.66. The van der Waals surface area contributed by atoms with E-state index in [2.05, 4.69) is 45.3 Å². The number of piperidine rings is 1. The highest BCUT2D eigenvalue weighted by molar-refractivity contribution is 5.17. The molecule has 2 N–H and O–H groups in total. The summed E-state index contributed by atoms with van der Waals surface area (Å²) in [6, 6.07) is 7.76. The van der Waals surface area contributed by atoms with Gasteiger partial charge in [0.1, 0.15) is 5.82 Å². The van der Waals surface area contributed by atoms with Crippen molar-refractivity contribution in [2.24, 2.45) is 0 Å². The molecular weight excluding hydrogens is 263 g/mol. The lowest BCUT2D eigenvalue weighted by molar-refractivity contribution is 0.141. The summed E-state index contributed by atoms with van der Waals surface area (Å²) in [4.78, 5) is 0. The summed E-state index contributed by atoms with van der Waals surface area (Å²) in [6.07, 6.45) is 3.09. The third kappa shape index (κ3) is 5.08. The van der Waals surface area contributed by atoms with Crippen LogP contribution in [0.4, 0.5) is 4.39 Å². The number of benzene rings is 1. The monoisotopic (exact) mass is 292 g/mol. The van der Waals surface area contributed by atoms with Crippen molar-refractivity contribution in [3.05, 3.63) is 35.6 Å². The van der Waals surface area contributed by atoms with Crippen LogP contribution in [0.25, 0.3) is 0 Å². The molecule has 2 rings (SSSR count). The second-order valence-corrected chi connectivity index (χ2v) is 7.90. The minimum atomic E-state index is -0.149. The average molecular weight is 292 g/mol. The minimum absolute atomic E-state index is 0.149. The van der Waals surface area contributed by atoms with Crippen LogP contribution >= 0.6 is 0 Å². The van der Waals surface area contributed by atoms with Crippen LogP contribution in [0.1, 0.15) is 53.0 Å².